The van der Waals surface area contributed by atoms with Crippen molar-refractivity contribution >= 4 is 10.9 Å². The van der Waals surface area contributed by atoms with Gasteiger partial charge >= 0.3 is 0 Å². The number of aromatic nitrogens is 2. The summed E-state index contributed by atoms with van der Waals surface area (Å²) in [5.74, 6) is 0.524. The molecular formula is C18H18N2. The lowest BCUT2D eigenvalue weighted by atomic mass is 9.96. The molecule has 0 saturated carbocycles. The van der Waals surface area contributed by atoms with Crippen LogP contribution >= 0.6 is 0 Å². The Morgan fingerprint density at radius 2 is 1.85 bits per heavy atom. The minimum Gasteiger partial charge on any atom is -0.255 e. The average molecular weight is 262 g/mol. The molecule has 0 N–H and O–H groups in total. The monoisotopic (exact) mass is 262 g/mol. The molecule has 3 aromatic rings. The highest BCUT2D eigenvalue weighted by Gasteiger charge is 2.06. The van der Waals surface area contributed by atoms with E-state index in [1.165, 1.54) is 16.7 Å². The minimum atomic E-state index is 0.524. The van der Waals surface area contributed by atoms with Crippen LogP contribution in [0.1, 0.15) is 30.9 Å². The van der Waals surface area contributed by atoms with Gasteiger partial charge in [-0.05, 0) is 42.7 Å². The number of aryl methyl sites for hydroxylation is 1. The molecule has 0 saturated heterocycles. The third-order valence-electron chi connectivity index (χ3n) is 3.55. The molecule has 0 atom stereocenters. The fourth-order valence-corrected chi connectivity index (χ4v) is 2.43. The first kappa shape index (κ1) is 12.8. The second-order valence-electron chi connectivity index (χ2n) is 5.55. The van der Waals surface area contributed by atoms with Gasteiger partial charge in [0, 0.05) is 17.1 Å². The summed E-state index contributed by atoms with van der Waals surface area (Å²) < 4.78 is 0. The van der Waals surface area contributed by atoms with Crippen LogP contribution in [0, 0.1) is 6.92 Å². The van der Waals surface area contributed by atoms with Gasteiger partial charge in [-0.2, -0.15) is 0 Å². The van der Waals surface area contributed by atoms with Crippen molar-refractivity contribution in [3.63, 3.8) is 0 Å². The van der Waals surface area contributed by atoms with Crippen LogP contribution in [0.2, 0.25) is 0 Å². The van der Waals surface area contributed by atoms with Gasteiger partial charge in [0.05, 0.1) is 17.4 Å². The molecule has 0 fully saturated rings. The van der Waals surface area contributed by atoms with Crippen molar-refractivity contribution in [2.24, 2.45) is 0 Å². The van der Waals surface area contributed by atoms with Crippen molar-refractivity contribution in [3.8, 4) is 11.3 Å². The summed E-state index contributed by atoms with van der Waals surface area (Å²) in [7, 11) is 0. The Kier molecular flexibility index (Phi) is 3.23. The quantitative estimate of drug-likeness (QED) is 0.667. The van der Waals surface area contributed by atoms with E-state index in [1.54, 1.807) is 6.20 Å². The van der Waals surface area contributed by atoms with Crippen molar-refractivity contribution in [2.45, 2.75) is 26.7 Å². The molecule has 0 radical (unpaired) electrons. The van der Waals surface area contributed by atoms with Gasteiger partial charge in [-0.1, -0.05) is 31.5 Å². The summed E-state index contributed by atoms with van der Waals surface area (Å²) >= 11 is 0. The van der Waals surface area contributed by atoms with Crippen molar-refractivity contribution in [3.05, 3.63) is 59.9 Å². The molecule has 0 bridgehead atoms. The van der Waals surface area contributed by atoms with E-state index in [0.717, 1.165) is 16.6 Å². The molecule has 0 amide bonds. The molecule has 0 aliphatic rings. The number of fused-ring (bicyclic) bond motifs is 1. The number of hydrogen-bond donors (Lipinski definition) is 0. The lowest BCUT2D eigenvalue weighted by Crippen LogP contribution is -1.92. The van der Waals surface area contributed by atoms with E-state index < -0.39 is 0 Å². The smallest absolute Gasteiger partial charge is 0.0885 e. The molecule has 1 aromatic carbocycles. The van der Waals surface area contributed by atoms with E-state index in [9.17, 15) is 0 Å². The van der Waals surface area contributed by atoms with Crippen LogP contribution in [0.25, 0.3) is 22.2 Å². The summed E-state index contributed by atoms with van der Waals surface area (Å²) in [5.41, 5.74) is 5.76. The highest BCUT2D eigenvalue weighted by atomic mass is 14.7. The van der Waals surface area contributed by atoms with Crippen molar-refractivity contribution < 1.29 is 0 Å². The Morgan fingerprint density at radius 3 is 2.65 bits per heavy atom. The Hall–Kier alpha value is -2.22. The first-order valence-electron chi connectivity index (χ1n) is 6.96. The Morgan fingerprint density at radius 1 is 1.00 bits per heavy atom. The Balaban J connectivity index is 2.15. The predicted molar refractivity (Wildman–Crippen MR) is 83.8 cm³/mol. The number of nitrogens with zero attached hydrogens (tertiary/aromatic N) is 2. The van der Waals surface area contributed by atoms with Crippen LogP contribution in [0.5, 0.6) is 0 Å². The molecule has 100 valence electrons. The normalized spacial score (nSPS) is 11.2. The first-order chi connectivity index (χ1) is 9.63. The summed E-state index contributed by atoms with van der Waals surface area (Å²) in [6, 6.07) is 12.8. The van der Waals surface area contributed by atoms with E-state index in [4.69, 9.17) is 0 Å². The van der Waals surface area contributed by atoms with Gasteiger partial charge in [0.1, 0.15) is 0 Å². The van der Waals surface area contributed by atoms with Crippen molar-refractivity contribution in [2.75, 3.05) is 0 Å². The van der Waals surface area contributed by atoms with E-state index in [1.807, 2.05) is 12.3 Å². The molecule has 2 heterocycles. The molecule has 0 aliphatic heterocycles. The zero-order valence-corrected chi connectivity index (χ0v) is 12.1. The van der Waals surface area contributed by atoms with E-state index in [0.29, 0.717) is 5.92 Å². The Labute approximate surface area is 119 Å². The van der Waals surface area contributed by atoms with Gasteiger partial charge in [0.2, 0.25) is 0 Å². The van der Waals surface area contributed by atoms with Gasteiger partial charge in [-0.3, -0.25) is 9.97 Å². The van der Waals surface area contributed by atoms with Crippen LogP contribution in [-0.4, -0.2) is 9.97 Å². The van der Waals surface area contributed by atoms with E-state index in [2.05, 4.69) is 61.1 Å². The highest BCUT2D eigenvalue weighted by molar-refractivity contribution is 5.82. The number of rotatable bonds is 2. The minimum absolute atomic E-state index is 0.524. The fourth-order valence-electron chi connectivity index (χ4n) is 2.43. The topological polar surface area (TPSA) is 25.8 Å². The highest BCUT2D eigenvalue weighted by Crippen LogP contribution is 2.26. The summed E-state index contributed by atoms with van der Waals surface area (Å²) in [6.07, 6.45) is 3.65. The maximum absolute atomic E-state index is 4.56. The summed E-state index contributed by atoms with van der Waals surface area (Å²) in [4.78, 5) is 8.87. The van der Waals surface area contributed by atoms with Gasteiger partial charge in [0.25, 0.3) is 0 Å². The first-order valence-corrected chi connectivity index (χ1v) is 6.96. The molecule has 0 unspecified atom stereocenters. The SMILES string of the molecule is Cc1cc(-c2cc3cccnc3cn2)cc(C(C)C)c1. The van der Waals surface area contributed by atoms with Crippen LogP contribution < -0.4 is 0 Å². The molecule has 2 nitrogen and oxygen atoms in total. The van der Waals surface area contributed by atoms with Gasteiger partial charge in [-0.25, -0.2) is 0 Å². The summed E-state index contributed by atoms with van der Waals surface area (Å²) in [5, 5.41) is 1.13. The van der Waals surface area contributed by atoms with Gasteiger partial charge in [0.15, 0.2) is 0 Å². The lowest BCUT2D eigenvalue weighted by molar-refractivity contribution is 0.865. The second-order valence-corrected chi connectivity index (χ2v) is 5.55. The van der Waals surface area contributed by atoms with E-state index in [-0.39, 0.29) is 0 Å². The van der Waals surface area contributed by atoms with Crippen LogP contribution in [0.3, 0.4) is 0 Å². The lowest BCUT2D eigenvalue weighted by Gasteiger charge is -2.10. The zero-order chi connectivity index (χ0) is 14.1. The maximum Gasteiger partial charge on any atom is 0.0885 e. The Bertz CT molecular complexity index is 760. The van der Waals surface area contributed by atoms with Crippen molar-refractivity contribution in [1.82, 2.24) is 9.97 Å². The van der Waals surface area contributed by atoms with Crippen LogP contribution in [0.15, 0.2) is 48.8 Å². The standard InChI is InChI=1S/C18H18N2/c1-12(2)15-7-13(3)8-16(9-15)17-10-14-5-4-6-19-18(14)11-20-17/h4-12H,1-3H3. The third kappa shape index (κ3) is 2.42. The molecule has 2 aromatic heterocycles. The molecule has 0 spiro atoms. The van der Waals surface area contributed by atoms with Gasteiger partial charge in [-0.15, -0.1) is 0 Å². The number of pyridine rings is 2. The van der Waals surface area contributed by atoms with Gasteiger partial charge < -0.3 is 0 Å². The molecule has 0 aliphatic carbocycles. The van der Waals surface area contributed by atoms with Crippen LogP contribution in [-0.2, 0) is 0 Å². The zero-order valence-electron chi connectivity index (χ0n) is 12.1. The van der Waals surface area contributed by atoms with E-state index >= 15 is 0 Å². The third-order valence-corrected chi connectivity index (χ3v) is 3.55. The molecule has 3 rings (SSSR count). The average Bonchev–Trinajstić information content (AvgIpc) is 2.46. The second kappa shape index (κ2) is 5.04. The number of benzene rings is 1. The predicted octanol–water partition coefficient (Wildman–Crippen LogP) is 4.73. The fraction of sp³-hybridized carbons (Fsp3) is 0.222. The molecular weight excluding hydrogens is 244 g/mol. The summed E-state index contributed by atoms with van der Waals surface area (Å²) in [6.45, 7) is 6.57. The molecule has 20 heavy (non-hydrogen) atoms. The van der Waals surface area contributed by atoms with Crippen molar-refractivity contribution in [1.29, 1.82) is 0 Å². The molecule has 2 heteroatoms. The number of hydrogen-bond acceptors (Lipinski definition) is 2. The van der Waals surface area contributed by atoms with Crippen LogP contribution in [0.4, 0.5) is 0 Å². The largest absolute Gasteiger partial charge is 0.255 e. The maximum atomic E-state index is 4.56.